The Balaban J connectivity index is 1.95. The summed E-state index contributed by atoms with van der Waals surface area (Å²) in [5, 5.41) is 7.85. The predicted molar refractivity (Wildman–Crippen MR) is 112 cm³/mol. The first-order valence-corrected chi connectivity index (χ1v) is 9.58. The summed E-state index contributed by atoms with van der Waals surface area (Å²) in [7, 11) is 1.57. The van der Waals surface area contributed by atoms with Gasteiger partial charge in [0.1, 0.15) is 0 Å². The number of carbonyl (C=O) groups excluding carboxylic acids is 3. The Labute approximate surface area is 170 Å². The van der Waals surface area contributed by atoms with E-state index in [0.29, 0.717) is 31.7 Å². The number of amides is 3. The first-order valence-electron chi connectivity index (χ1n) is 9.58. The van der Waals surface area contributed by atoms with Crippen molar-refractivity contribution in [1.82, 2.24) is 10.6 Å². The van der Waals surface area contributed by atoms with Crippen molar-refractivity contribution < 1.29 is 19.1 Å². The molecule has 154 valence electrons. The first kappa shape index (κ1) is 22.1. The molecule has 7 heteroatoms. The first-order chi connectivity index (χ1) is 14.0. The van der Waals surface area contributed by atoms with Gasteiger partial charge in [-0.1, -0.05) is 43.3 Å². The highest BCUT2D eigenvalue weighted by Crippen LogP contribution is 2.15. The zero-order valence-electron chi connectivity index (χ0n) is 16.8. The molecule has 0 spiro atoms. The maximum Gasteiger partial charge on any atom is 0.313 e. The fraction of sp³-hybridized carbons (Fsp3) is 0.318. The maximum absolute atomic E-state index is 12.6. The van der Waals surface area contributed by atoms with Crippen LogP contribution in [0, 0.1) is 0 Å². The van der Waals surface area contributed by atoms with Crippen LogP contribution in [0.15, 0.2) is 48.5 Å². The number of nitrogens with one attached hydrogen (secondary N) is 3. The van der Waals surface area contributed by atoms with Gasteiger partial charge in [-0.25, -0.2) is 0 Å². The summed E-state index contributed by atoms with van der Waals surface area (Å²) in [4.78, 5) is 36.6. The zero-order chi connectivity index (χ0) is 21.1. The normalized spacial score (nSPS) is 10.3. The summed E-state index contributed by atoms with van der Waals surface area (Å²) in [6, 6.07) is 14.6. The van der Waals surface area contributed by atoms with Crippen molar-refractivity contribution in [3.05, 3.63) is 65.2 Å². The SMILES string of the molecule is CCc1ccc(CNC(=O)c2ccccc2NC(=O)C(=O)NCCCOC)cc1. The van der Waals surface area contributed by atoms with Crippen LogP contribution in [0.1, 0.15) is 34.8 Å². The molecule has 2 rings (SSSR count). The number of benzene rings is 2. The largest absolute Gasteiger partial charge is 0.385 e. The van der Waals surface area contributed by atoms with Crippen molar-refractivity contribution in [3.63, 3.8) is 0 Å². The molecule has 7 nitrogen and oxygen atoms in total. The van der Waals surface area contributed by atoms with E-state index >= 15 is 0 Å². The molecule has 0 bridgehead atoms. The van der Waals surface area contributed by atoms with Gasteiger partial charge < -0.3 is 20.7 Å². The molecule has 2 aromatic rings. The molecule has 0 atom stereocenters. The van der Waals surface area contributed by atoms with Gasteiger partial charge >= 0.3 is 11.8 Å². The molecule has 2 aromatic carbocycles. The molecule has 29 heavy (non-hydrogen) atoms. The topological polar surface area (TPSA) is 96.5 Å². The van der Waals surface area contributed by atoms with E-state index in [9.17, 15) is 14.4 Å². The minimum atomic E-state index is -0.821. The second kappa shape index (κ2) is 11.6. The lowest BCUT2D eigenvalue weighted by Gasteiger charge is -2.12. The van der Waals surface area contributed by atoms with E-state index < -0.39 is 11.8 Å². The van der Waals surface area contributed by atoms with Gasteiger partial charge in [0.2, 0.25) is 0 Å². The zero-order valence-corrected chi connectivity index (χ0v) is 16.8. The van der Waals surface area contributed by atoms with Crippen LogP contribution in [0.25, 0.3) is 0 Å². The van der Waals surface area contributed by atoms with Crippen LogP contribution in [0.4, 0.5) is 5.69 Å². The summed E-state index contributed by atoms with van der Waals surface area (Å²) in [5.74, 6) is -1.91. The Kier molecular flexibility index (Phi) is 8.85. The Bertz CT molecular complexity index is 834. The molecule has 3 amide bonds. The Morgan fingerprint density at radius 3 is 2.28 bits per heavy atom. The Morgan fingerprint density at radius 1 is 0.897 bits per heavy atom. The van der Waals surface area contributed by atoms with E-state index in [1.54, 1.807) is 31.4 Å². The number of ether oxygens (including phenoxy) is 1. The molecule has 3 N–H and O–H groups in total. The lowest BCUT2D eigenvalue weighted by molar-refractivity contribution is -0.136. The van der Waals surface area contributed by atoms with Crippen molar-refractivity contribution >= 4 is 23.4 Å². The third kappa shape index (κ3) is 7.04. The third-order valence-electron chi connectivity index (χ3n) is 4.32. The van der Waals surface area contributed by atoms with Crippen molar-refractivity contribution in [2.75, 3.05) is 25.6 Å². The monoisotopic (exact) mass is 397 g/mol. The van der Waals surface area contributed by atoms with Crippen LogP contribution in [-0.2, 0) is 27.3 Å². The van der Waals surface area contributed by atoms with Crippen molar-refractivity contribution in [3.8, 4) is 0 Å². The number of hydrogen-bond acceptors (Lipinski definition) is 4. The highest BCUT2D eigenvalue weighted by molar-refractivity contribution is 6.40. The summed E-state index contributed by atoms with van der Waals surface area (Å²) in [5.41, 5.74) is 2.78. The minimum absolute atomic E-state index is 0.281. The average Bonchev–Trinajstić information content (AvgIpc) is 2.75. The van der Waals surface area contributed by atoms with Gasteiger partial charge in [-0.3, -0.25) is 14.4 Å². The fourth-order valence-corrected chi connectivity index (χ4v) is 2.64. The van der Waals surface area contributed by atoms with Crippen molar-refractivity contribution in [2.45, 2.75) is 26.3 Å². The average molecular weight is 397 g/mol. The summed E-state index contributed by atoms with van der Waals surface area (Å²) in [6.45, 7) is 3.28. The maximum atomic E-state index is 12.6. The van der Waals surface area contributed by atoms with E-state index in [4.69, 9.17) is 4.74 Å². The van der Waals surface area contributed by atoms with Gasteiger partial charge in [-0.2, -0.15) is 0 Å². The number of hydrogen-bond donors (Lipinski definition) is 3. The number of rotatable bonds is 9. The van der Waals surface area contributed by atoms with Crippen LogP contribution in [-0.4, -0.2) is 38.0 Å². The molecule has 0 aliphatic heterocycles. The molecule has 0 aromatic heterocycles. The van der Waals surface area contributed by atoms with Gasteiger partial charge in [0.05, 0.1) is 11.3 Å². The lowest BCUT2D eigenvalue weighted by atomic mass is 10.1. The van der Waals surface area contributed by atoms with Gasteiger partial charge in [0.15, 0.2) is 0 Å². The summed E-state index contributed by atoms with van der Waals surface area (Å²) in [6.07, 6.45) is 1.56. The van der Waals surface area contributed by atoms with Crippen molar-refractivity contribution in [1.29, 1.82) is 0 Å². The van der Waals surface area contributed by atoms with Gasteiger partial charge in [-0.15, -0.1) is 0 Å². The Hall–Kier alpha value is -3.19. The van der Waals surface area contributed by atoms with Crippen LogP contribution in [0.2, 0.25) is 0 Å². The molecule has 0 saturated carbocycles. The number of carbonyl (C=O) groups is 3. The standard InChI is InChI=1S/C22H27N3O4/c1-3-16-9-11-17(12-10-16)15-24-20(26)18-7-4-5-8-19(18)25-22(28)21(27)23-13-6-14-29-2/h4-5,7-12H,3,6,13-15H2,1-2H3,(H,23,27)(H,24,26)(H,25,28). The van der Waals surface area contributed by atoms with E-state index in [0.717, 1.165) is 12.0 Å². The highest BCUT2D eigenvalue weighted by Gasteiger charge is 2.17. The van der Waals surface area contributed by atoms with Crippen LogP contribution < -0.4 is 16.0 Å². The number of anilines is 1. The van der Waals surface area contributed by atoms with Crippen LogP contribution in [0.3, 0.4) is 0 Å². The minimum Gasteiger partial charge on any atom is -0.385 e. The predicted octanol–water partition coefficient (Wildman–Crippen LogP) is 2.27. The van der Waals surface area contributed by atoms with Gasteiger partial charge in [0.25, 0.3) is 5.91 Å². The van der Waals surface area contributed by atoms with Crippen LogP contribution >= 0.6 is 0 Å². The van der Waals surface area contributed by atoms with Gasteiger partial charge in [-0.05, 0) is 36.1 Å². The molecule has 0 aliphatic rings. The quantitative estimate of drug-likeness (QED) is 0.447. The highest BCUT2D eigenvalue weighted by atomic mass is 16.5. The Morgan fingerprint density at radius 2 is 1.59 bits per heavy atom. The molecule has 0 fully saturated rings. The molecular formula is C22H27N3O4. The molecule has 0 radical (unpaired) electrons. The summed E-state index contributed by atoms with van der Waals surface area (Å²) < 4.78 is 4.89. The fourth-order valence-electron chi connectivity index (χ4n) is 2.64. The number of aryl methyl sites for hydroxylation is 1. The molecule has 0 saturated heterocycles. The molecule has 0 aliphatic carbocycles. The molecule has 0 unspecified atom stereocenters. The van der Waals surface area contributed by atoms with Crippen LogP contribution in [0.5, 0.6) is 0 Å². The van der Waals surface area contributed by atoms with E-state index in [2.05, 4.69) is 22.9 Å². The van der Waals surface area contributed by atoms with E-state index in [1.807, 2.05) is 24.3 Å². The molecular weight excluding hydrogens is 370 g/mol. The second-order valence-electron chi connectivity index (χ2n) is 6.45. The lowest BCUT2D eigenvalue weighted by Crippen LogP contribution is -2.36. The van der Waals surface area contributed by atoms with E-state index in [1.165, 1.54) is 5.56 Å². The van der Waals surface area contributed by atoms with Gasteiger partial charge in [0, 0.05) is 26.8 Å². The smallest absolute Gasteiger partial charge is 0.313 e. The third-order valence-corrected chi connectivity index (χ3v) is 4.32. The van der Waals surface area contributed by atoms with E-state index in [-0.39, 0.29) is 11.6 Å². The summed E-state index contributed by atoms with van der Waals surface area (Å²) >= 11 is 0. The number of para-hydroxylation sites is 1. The van der Waals surface area contributed by atoms with Crippen molar-refractivity contribution in [2.24, 2.45) is 0 Å². The number of methoxy groups -OCH3 is 1. The molecule has 0 heterocycles. The second-order valence-corrected chi connectivity index (χ2v) is 6.45.